The van der Waals surface area contributed by atoms with Gasteiger partial charge in [0.15, 0.2) is 0 Å². The standard InChI is InChI=1S/C13H15N3/c14-7-12(13-8-15-10-16-9-13)6-11-4-2-1-3-5-11/h1-5,8-10,12H,6-7,14H2. The van der Waals surface area contributed by atoms with E-state index in [9.17, 15) is 0 Å². The van der Waals surface area contributed by atoms with E-state index in [4.69, 9.17) is 5.73 Å². The first kappa shape index (κ1) is 10.8. The molecule has 3 nitrogen and oxygen atoms in total. The van der Waals surface area contributed by atoms with E-state index in [0.29, 0.717) is 12.5 Å². The first-order valence-electron chi connectivity index (χ1n) is 5.39. The zero-order chi connectivity index (χ0) is 11.2. The van der Waals surface area contributed by atoms with Gasteiger partial charge in [0.2, 0.25) is 0 Å². The van der Waals surface area contributed by atoms with Crippen LogP contribution in [0, 0.1) is 0 Å². The second kappa shape index (κ2) is 5.37. The molecule has 0 saturated carbocycles. The topological polar surface area (TPSA) is 51.8 Å². The molecule has 16 heavy (non-hydrogen) atoms. The third-order valence-corrected chi connectivity index (χ3v) is 2.66. The van der Waals surface area contributed by atoms with Gasteiger partial charge in [-0.15, -0.1) is 0 Å². The van der Waals surface area contributed by atoms with Gasteiger partial charge in [0.05, 0.1) is 0 Å². The molecule has 0 amide bonds. The summed E-state index contributed by atoms with van der Waals surface area (Å²) in [5.41, 5.74) is 8.20. The van der Waals surface area contributed by atoms with Crippen LogP contribution in [0.4, 0.5) is 0 Å². The van der Waals surface area contributed by atoms with Crippen LogP contribution in [0.1, 0.15) is 17.0 Å². The first-order chi connectivity index (χ1) is 7.90. The van der Waals surface area contributed by atoms with Gasteiger partial charge in [-0.3, -0.25) is 0 Å². The van der Waals surface area contributed by atoms with Crippen LogP contribution < -0.4 is 5.73 Å². The highest BCUT2D eigenvalue weighted by Crippen LogP contribution is 2.18. The molecule has 0 aliphatic rings. The lowest BCUT2D eigenvalue weighted by atomic mass is 9.94. The Morgan fingerprint density at radius 1 is 1.06 bits per heavy atom. The van der Waals surface area contributed by atoms with Crippen LogP contribution in [0.15, 0.2) is 49.1 Å². The highest BCUT2D eigenvalue weighted by molar-refractivity contribution is 5.20. The van der Waals surface area contributed by atoms with Crippen molar-refractivity contribution < 1.29 is 0 Å². The van der Waals surface area contributed by atoms with Crippen LogP contribution in [0.5, 0.6) is 0 Å². The molecule has 2 aromatic rings. The minimum Gasteiger partial charge on any atom is -0.330 e. The summed E-state index contributed by atoms with van der Waals surface area (Å²) in [6, 6.07) is 10.3. The van der Waals surface area contributed by atoms with Crippen molar-refractivity contribution in [1.82, 2.24) is 9.97 Å². The van der Waals surface area contributed by atoms with E-state index < -0.39 is 0 Å². The van der Waals surface area contributed by atoms with Gasteiger partial charge < -0.3 is 5.73 Å². The number of benzene rings is 1. The Labute approximate surface area is 95.4 Å². The lowest BCUT2D eigenvalue weighted by Crippen LogP contribution is -2.15. The molecule has 1 aromatic carbocycles. The third-order valence-electron chi connectivity index (χ3n) is 2.66. The fourth-order valence-corrected chi connectivity index (χ4v) is 1.76. The molecule has 2 N–H and O–H groups in total. The molecule has 3 heteroatoms. The van der Waals surface area contributed by atoms with Gasteiger partial charge >= 0.3 is 0 Å². The zero-order valence-electron chi connectivity index (χ0n) is 9.08. The fraction of sp³-hybridized carbons (Fsp3) is 0.231. The van der Waals surface area contributed by atoms with Crippen molar-refractivity contribution in [2.75, 3.05) is 6.54 Å². The van der Waals surface area contributed by atoms with Crippen molar-refractivity contribution in [1.29, 1.82) is 0 Å². The molecule has 0 spiro atoms. The van der Waals surface area contributed by atoms with Gasteiger partial charge in [0.1, 0.15) is 6.33 Å². The SMILES string of the molecule is NCC(Cc1ccccc1)c1cncnc1. The van der Waals surface area contributed by atoms with Gasteiger partial charge in [0, 0.05) is 18.3 Å². The molecular weight excluding hydrogens is 198 g/mol. The van der Waals surface area contributed by atoms with E-state index in [1.54, 1.807) is 6.33 Å². The van der Waals surface area contributed by atoms with Crippen molar-refractivity contribution in [2.45, 2.75) is 12.3 Å². The minimum atomic E-state index is 0.295. The number of rotatable bonds is 4. The van der Waals surface area contributed by atoms with E-state index in [-0.39, 0.29) is 0 Å². The molecule has 0 fully saturated rings. The normalized spacial score (nSPS) is 12.3. The van der Waals surface area contributed by atoms with Gasteiger partial charge in [-0.25, -0.2) is 9.97 Å². The van der Waals surface area contributed by atoms with Gasteiger partial charge in [-0.05, 0) is 24.1 Å². The first-order valence-corrected chi connectivity index (χ1v) is 5.39. The van der Waals surface area contributed by atoms with Crippen molar-refractivity contribution in [3.05, 3.63) is 60.2 Å². The summed E-state index contributed by atoms with van der Waals surface area (Å²) in [5, 5.41) is 0. The zero-order valence-corrected chi connectivity index (χ0v) is 9.08. The molecular formula is C13H15N3. The number of aromatic nitrogens is 2. The molecule has 82 valence electrons. The number of hydrogen-bond acceptors (Lipinski definition) is 3. The van der Waals surface area contributed by atoms with Crippen LogP contribution in [0.25, 0.3) is 0 Å². The van der Waals surface area contributed by atoms with Gasteiger partial charge in [-0.1, -0.05) is 30.3 Å². The van der Waals surface area contributed by atoms with E-state index in [1.165, 1.54) is 5.56 Å². The summed E-state index contributed by atoms with van der Waals surface area (Å²) in [7, 11) is 0. The summed E-state index contributed by atoms with van der Waals surface area (Å²) in [6.45, 7) is 0.613. The Kier molecular flexibility index (Phi) is 3.62. The quantitative estimate of drug-likeness (QED) is 0.842. The lowest BCUT2D eigenvalue weighted by molar-refractivity contribution is 0.687. The molecule has 1 unspecified atom stereocenters. The van der Waals surface area contributed by atoms with Gasteiger partial charge in [-0.2, -0.15) is 0 Å². The average molecular weight is 213 g/mol. The largest absolute Gasteiger partial charge is 0.330 e. The summed E-state index contributed by atoms with van der Waals surface area (Å²) in [5.74, 6) is 0.295. The highest BCUT2D eigenvalue weighted by atomic mass is 14.8. The maximum absolute atomic E-state index is 5.80. The van der Waals surface area contributed by atoms with E-state index in [0.717, 1.165) is 12.0 Å². The molecule has 1 heterocycles. The van der Waals surface area contributed by atoms with E-state index >= 15 is 0 Å². The van der Waals surface area contributed by atoms with Crippen LogP contribution in [-0.2, 0) is 6.42 Å². The lowest BCUT2D eigenvalue weighted by Gasteiger charge is -2.14. The molecule has 1 atom stereocenters. The van der Waals surface area contributed by atoms with Crippen LogP contribution >= 0.6 is 0 Å². The predicted octanol–water partition coefficient (Wildman–Crippen LogP) is 1.76. The Morgan fingerprint density at radius 2 is 1.75 bits per heavy atom. The van der Waals surface area contributed by atoms with E-state index in [2.05, 4.69) is 22.1 Å². The molecule has 0 radical (unpaired) electrons. The summed E-state index contributed by atoms with van der Waals surface area (Å²) >= 11 is 0. The van der Waals surface area contributed by atoms with Crippen LogP contribution in [-0.4, -0.2) is 16.5 Å². The van der Waals surface area contributed by atoms with Crippen molar-refractivity contribution in [2.24, 2.45) is 5.73 Å². The molecule has 2 rings (SSSR count). The van der Waals surface area contributed by atoms with Crippen molar-refractivity contribution in [3.8, 4) is 0 Å². The number of nitrogens with zero attached hydrogens (tertiary/aromatic N) is 2. The number of hydrogen-bond donors (Lipinski definition) is 1. The van der Waals surface area contributed by atoms with Crippen LogP contribution in [0.3, 0.4) is 0 Å². The summed E-state index contributed by atoms with van der Waals surface area (Å²) in [6.07, 6.45) is 6.16. The van der Waals surface area contributed by atoms with Crippen LogP contribution in [0.2, 0.25) is 0 Å². The Hall–Kier alpha value is -1.74. The molecule has 0 aliphatic heterocycles. The van der Waals surface area contributed by atoms with Crippen molar-refractivity contribution >= 4 is 0 Å². The molecule has 0 bridgehead atoms. The highest BCUT2D eigenvalue weighted by Gasteiger charge is 2.10. The van der Waals surface area contributed by atoms with Crippen molar-refractivity contribution in [3.63, 3.8) is 0 Å². The smallest absolute Gasteiger partial charge is 0.115 e. The van der Waals surface area contributed by atoms with E-state index in [1.807, 2.05) is 30.6 Å². The second-order valence-corrected chi connectivity index (χ2v) is 3.79. The summed E-state index contributed by atoms with van der Waals surface area (Å²) < 4.78 is 0. The molecule has 1 aromatic heterocycles. The molecule has 0 aliphatic carbocycles. The Bertz CT molecular complexity index is 414. The Balaban J connectivity index is 2.13. The third kappa shape index (κ3) is 2.64. The fourth-order valence-electron chi connectivity index (χ4n) is 1.76. The second-order valence-electron chi connectivity index (χ2n) is 3.79. The Morgan fingerprint density at radius 3 is 2.38 bits per heavy atom. The summed E-state index contributed by atoms with van der Waals surface area (Å²) in [4.78, 5) is 8.06. The predicted molar refractivity (Wildman–Crippen MR) is 64.0 cm³/mol. The molecule has 0 saturated heterocycles. The average Bonchev–Trinajstić information content (AvgIpc) is 2.38. The number of nitrogens with two attached hydrogens (primary N) is 1. The maximum atomic E-state index is 5.80. The maximum Gasteiger partial charge on any atom is 0.115 e. The monoisotopic (exact) mass is 213 g/mol. The van der Waals surface area contributed by atoms with Gasteiger partial charge in [0.25, 0.3) is 0 Å². The minimum absolute atomic E-state index is 0.295.